The summed E-state index contributed by atoms with van der Waals surface area (Å²) < 4.78 is 14.7. The van der Waals surface area contributed by atoms with Crippen LogP contribution in [-0.2, 0) is 17.0 Å². The molecule has 1 amide bonds. The third-order valence-electron chi connectivity index (χ3n) is 3.26. The van der Waals surface area contributed by atoms with Gasteiger partial charge in [0.25, 0.3) is 0 Å². The molecule has 1 aromatic heterocycles. The first-order valence-electron chi connectivity index (χ1n) is 7.45. The summed E-state index contributed by atoms with van der Waals surface area (Å²) in [5, 5.41) is 4.75. The maximum absolute atomic E-state index is 12.9. The number of amides is 1. The molecule has 0 bridgehead atoms. The van der Waals surface area contributed by atoms with Gasteiger partial charge in [0.1, 0.15) is 10.2 Å². The fourth-order valence-corrected chi connectivity index (χ4v) is 4.30. The molecule has 0 unspecified atom stereocenters. The number of carbonyl (C=O) groups is 1. The molecule has 3 rings (SSSR count). The van der Waals surface area contributed by atoms with Crippen molar-refractivity contribution in [2.45, 2.75) is 16.5 Å². The first-order chi connectivity index (χ1) is 12.1. The van der Waals surface area contributed by atoms with Crippen molar-refractivity contribution in [3.8, 4) is 0 Å². The number of hydrogen-bond acceptors (Lipinski definition) is 4. The van der Waals surface area contributed by atoms with Gasteiger partial charge in [0.2, 0.25) is 5.91 Å². The van der Waals surface area contributed by atoms with E-state index in [1.807, 2.05) is 29.6 Å². The Labute approximate surface area is 161 Å². The number of hydrogen-bond donors (Lipinski definition) is 1. The highest BCUT2D eigenvalue weighted by atomic mass is 79.9. The number of benzene rings is 2. The Kier molecular flexibility index (Phi) is 6.23. The van der Waals surface area contributed by atoms with E-state index in [0.29, 0.717) is 0 Å². The van der Waals surface area contributed by atoms with E-state index >= 15 is 0 Å². The van der Waals surface area contributed by atoms with Crippen molar-refractivity contribution in [1.29, 1.82) is 0 Å². The predicted octanol–water partition coefficient (Wildman–Crippen LogP) is 5.52. The van der Waals surface area contributed by atoms with Crippen molar-refractivity contribution in [2.75, 3.05) is 5.32 Å². The molecular formula is C18H14BrFN2OS2. The average Bonchev–Trinajstić information content (AvgIpc) is 3.01. The van der Waals surface area contributed by atoms with Crippen molar-refractivity contribution in [1.82, 2.24) is 4.98 Å². The molecule has 0 atom stereocenters. The van der Waals surface area contributed by atoms with Gasteiger partial charge in [0.15, 0.2) is 0 Å². The lowest BCUT2D eigenvalue weighted by molar-refractivity contribution is -0.115. The highest BCUT2D eigenvalue weighted by Crippen LogP contribution is 2.26. The third kappa shape index (κ3) is 5.66. The van der Waals surface area contributed by atoms with Gasteiger partial charge in [-0.15, -0.1) is 11.3 Å². The maximum atomic E-state index is 12.9. The Hall–Kier alpha value is -1.70. The fourth-order valence-electron chi connectivity index (χ4n) is 2.10. The molecule has 0 aliphatic rings. The number of nitrogens with zero attached hydrogens (tertiary/aromatic N) is 1. The molecule has 1 heterocycles. The summed E-state index contributed by atoms with van der Waals surface area (Å²) in [5.74, 6) is 0.387. The Balaban J connectivity index is 1.52. The van der Waals surface area contributed by atoms with Gasteiger partial charge in [-0.05, 0) is 35.9 Å². The van der Waals surface area contributed by atoms with E-state index < -0.39 is 0 Å². The van der Waals surface area contributed by atoms with E-state index in [9.17, 15) is 9.18 Å². The molecule has 7 heteroatoms. The number of thioether (sulfide) groups is 1. The first kappa shape index (κ1) is 18.1. The molecule has 0 saturated carbocycles. The standard InChI is InChI=1S/C18H14BrFN2OS2/c19-13-2-1-3-15(8-13)21-17(23)9-16-11-25-18(22-16)24-10-12-4-6-14(20)7-5-12/h1-8,11H,9-10H2,(H,21,23). The first-order valence-corrected chi connectivity index (χ1v) is 10.1. The highest BCUT2D eigenvalue weighted by Gasteiger charge is 2.09. The zero-order valence-electron chi connectivity index (χ0n) is 13.0. The van der Waals surface area contributed by atoms with Crippen LogP contribution in [-0.4, -0.2) is 10.9 Å². The van der Waals surface area contributed by atoms with Crippen LogP contribution in [0.5, 0.6) is 0 Å². The number of aromatic nitrogens is 1. The number of carbonyl (C=O) groups excluding carboxylic acids is 1. The second-order valence-electron chi connectivity index (χ2n) is 5.26. The van der Waals surface area contributed by atoms with Gasteiger partial charge >= 0.3 is 0 Å². The smallest absolute Gasteiger partial charge is 0.230 e. The molecule has 128 valence electrons. The minimum absolute atomic E-state index is 0.0986. The van der Waals surface area contributed by atoms with Crippen LogP contribution >= 0.6 is 39.0 Å². The Morgan fingerprint density at radius 1 is 1.24 bits per heavy atom. The van der Waals surface area contributed by atoms with Crippen molar-refractivity contribution >= 4 is 50.6 Å². The van der Waals surface area contributed by atoms with Crippen molar-refractivity contribution in [2.24, 2.45) is 0 Å². The maximum Gasteiger partial charge on any atom is 0.230 e. The highest BCUT2D eigenvalue weighted by molar-refractivity contribution is 9.10. The van der Waals surface area contributed by atoms with Crippen molar-refractivity contribution in [3.63, 3.8) is 0 Å². The molecule has 0 aliphatic carbocycles. The minimum Gasteiger partial charge on any atom is -0.326 e. The van der Waals surface area contributed by atoms with Crippen LogP contribution in [0.3, 0.4) is 0 Å². The quantitative estimate of drug-likeness (QED) is 0.517. The molecule has 2 aromatic carbocycles. The van der Waals surface area contributed by atoms with Gasteiger partial charge in [-0.2, -0.15) is 0 Å². The van der Waals surface area contributed by atoms with Gasteiger partial charge in [-0.3, -0.25) is 4.79 Å². The summed E-state index contributed by atoms with van der Waals surface area (Å²) in [5.41, 5.74) is 2.54. The molecule has 0 radical (unpaired) electrons. The number of nitrogens with one attached hydrogen (secondary N) is 1. The van der Waals surface area contributed by atoms with Crippen LogP contribution in [0.2, 0.25) is 0 Å². The molecule has 1 N–H and O–H groups in total. The van der Waals surface area contributed by atoms with E-state index in [0.717, 1.165) is 31.5 Å². The Bertz CT molecular complexity index is 868. The number of halogens is 2. The molecule has 3 aromatic rings. The van der Waals surface area contributed by atoms with Gasteiger partial charge in [-0.1, -0.05) is 45.9 Å². The summed E-state index contributed by atoms with van der Waals surface area (Å²) in [7, 11) is 0. The summed E-state index contributed by atoms with van der Waals surface area (Å²) in [4.78, 5) is 16.6. The van der Waals surface area contributed by atoms with E-state index in [-0.39, 0.29) is 18.1 Å². The third-order valence-corrected chi connectivity index (χ3v) is 5.89. The van der Waals surface area contributed by atoms with Gasteiger partial charge < -0.3 is 5.32 Å². The second kappa shape index (κ2) is 8.60. The zero-order chi connectivity index (χ0) is 17.6. The van der Waals surface area contributed by atoms with Crippen LogP contribution in [0.25, 0.3) is 0 Å². The zero-order valence-corrected chi connectivity index (χ0v) is 16.3. The van der Waals surface area contributed by atoms with Crippen LogP contribution < -0.4 is 5.32 Å². The molecule has 25 heavy (non-hydrogen) atoms. The van der Waals surface area contributed by atoms with Crippen molar-refractivity contribution in [3.05, 3.63) is 75.5 Å². The summed E-state index contributed by atoms with van der Waals surface area (Å²) in [6.07, 6.45) is 0.236. The van der Waals surface area contributed by atoms with E-state index in [2.05, 4.69) is 26.2 Å². The monoisotopic (exact) mass is 436 g/mol. The average molecular weight is 437 g/mol. The van der Waals surface area contributed by atoms with Gasteiger partial charge in [0, 0.05) is 21.3 Å². The van der Waals surface area contributed by atoms with Gasteiger partial charge in [0.05, 0.1) is 12.1 Å². The normalized spacial score (nSPS) is 10.6. The summed E-state index contributed by atoms with van der Waals surface area (Å²) in [6.45, 7) is 0. The lowest BCUT2D eigenvalue weighted by atomic mass is 10.2. The lowest BCUT2D eigenvalue weighted by Gasteiger charge is -2.04. The van der Waals surface area contributed by atoms with Crippen LogP contribution in [0.4, 0.5) is 10.1 Å². The van der Waals surface area contributed by atoms with Crippen LogP contribution in [0, 0.1) is 5.82 Å². The SMILES string of the molecule is O=C(Cc1csc(SCc2ccc(F)cc2)n1)Nc1cccc(Br)c1. The Morgan fingerprint density at radius 3 is 2.80 bits per heavy atom. The lowest BCUT2D eigenvalue weighted by Crippen LogP contribution is -2.14. The Morgan fingerprint density at radius 2 is 2.04 bits per heavy atom. The summed E-state index contributed by atoms with van der Waals surface area (Å²) in [6, 6.07) is 13.9. The molecule has 0 fully saturated rings. The van der Waals surface area contributed by atoms with Gasteiger partial charge in [-0.25, -0.2) is 9.37 Å². The summed E-state index contributed by atoms with van der Waals surface area (Å²) >= 11 is 6.47. The molecule has 0 saturated heterocycles. The number of rotatable bonds is 6. The van der Waals surface area contributed by atoms with E-state index in [1.165, 1.54) is 23.5 Å². The predicted molar refractivity (Wildman–Crippen MR) is 105 cm³/mol. The number of anilines is 1. The molecule has 3 nitrogen and oxygen atoms in total. The largest absolute Gasteiger partial charge is 0.326 e. The van der Waals surface area contributed by atoms with Crippen molar-refractivity contribution < 1.29 is 9.18 Å². The molecular weight excluding hydrogens is 423 g/mol. The number of thiazole rings is 1. The molecule has 0 aliphatic heterocycles. The van der Waals surface area contributed by atoms with E-state index in [1.54, 1.807) is 23.9 Å². The van der Waals surface area contributed by atoms with Crippen LogP contribution in [0.1, 0.15) is 11.3 Å². The topological polar surface area (TPSA) is 42.0 Å². The minimum atomic E-state index is -0.234. The fraction of sp³-hybridized carbons (Fsp3) is 0.111. The van der Waals surface area contributed by atoms with Crippen LogP contribution in [0.15, 0.2) is 62.7 Å². The molecule has 0 spiro atoms. The second-order valence-corrected chi connectivity index (χ2v) is 8.25. The van der Waals surface area contributed by atoms with E-state index in [4.69, 9.17) is 0 Å².